The smallest absolute Gasteiger partial charge is 0.218 e. The highest BCUT2D eigenvalue weighted by molar-refractivity contribution is 6.30. The lowest BCUT2D eigenvalue weighted by molar-refractivity contribution is -0.112. The Morgan fingerprint density at radius 2 is 1.92 bits per heavy atom. The minimum atomic E-state index is -0.813. The summed E-state index contributed by atoms with van der Waals surface area (Å²) in [6, 6.07) is 10.1. The molecular weight excluding hydrogens is 474 g/mol. The Morgan fingerprint density at radius 1 is 1.25 bits per heavy atom. The molecule has 200 valence electrons. The van der Waals surface area contributed by atoms with E-state index in [1.54, 1.807) is 0 Å². The van der Waals surface area contributed by atoms with E-state index in [0.717, 1.165) is 42.1 Å². The van der Waals surface area contributed by atoms with Crippen molar-refractivity contribution in [2.24, 2.45) is 5.92 Å². The number of aliphatic hydroxyl groups is 1. The Balaban J connectivity index is 0.000000345. The Hall–Kier alpha value is -2.15. The Kier molecular flexibility index (Phi) is 12.7. The van der Waals surface area contributed by atoms with Gasteiger partial charge in [-0.1, -0.05) is 63.4 Å². The van der Waals surface area contributed by atoms with Crippen LogP contribution in [0.2, 0.25) is 5.02 Å². The molecule has 1 amide bonds. The summed E-state index contributed by atoms with van der Waals surface area (Å²) in [6.45, 7) is 11.3. The molecule has 0 radical (unpaired) electrons. The number of hydrogen-bond donors (Lipinski definition) is 3. The zero-order valence-corrected chi connectivity index (χ0v) is 23.3. The topological polar surface area (TPSA) is 83.5 Å². The first kappa shape index (κ1) is 30.1. The third-order valence-corrected chi connectivity index (χ3v) is 6.44. The molecule has 2 aliphatic rings. The van der Waals surface area contributed by atoms with Gasteiger partial charge in [0.25, 0.3) is 0 Å². The second-order valence-electron chi connectivity index (χ2n) is 10.3. The van der Waals surface area contributed by atoms with Crippen LogP contribution in [0.15, 0.2) is 36.5 Å². The minimum Gasteiger partial charge on any atom is -0.471 e. The van der Waals surface area contributed by atoms with E-state index in [9.17, 15) is 9.90 Å². The highest BCUT2D eigenvalue weighted by atomic mass is 35.5. The van der Waals surface area contributed by atoms with Gasteiger partial charge in [0.1, 0.15) is 11.8 Å². The molecule has 2 unspecified atom stereocenters. The van der Waals surface area contributed by atoms with E-state index in [1.165, 1.54) is 24.0 Å². The van der Waals surface area contributed by atoms with E-state index in [1.807, 2.05) is 37.4 Å². The number of fused-ring (bicyclic) bond motifs is 1. The predicted molar refractivity (Wildman–Crippen MR) is 147 cm³/mol. The van der Waals surface area contributed by atoms with Crippen LogP contribution in [0.4, 0.5) is 0 Å². The number of hydrogen-bond acceptors (Lipinski definition) is 5. The lowest BCUT2D eigenvalue weighted by Gasteiger charge is -2.47. The van der Waals surface area contributed by atoms with Crippen LogP contribution in [0.3, 0.4) is 0 Å². The Morgan fingerprint density at radius 3 is 2.44 bits per heavy atom. The molecule has 7 heteroatoms. The fourth-order valence-corrected chi connectivity index (χ4v) is 4.44. The van der Waals surface area contributed by atoms with Crippen molar-refractivity contribution < 1.29 is 14.6 Å². The number of aromatic nitrogens is 1. The van der Waals surface area contributed by atoms with Crippen LogP contribution in [-0.2, 0) is 11.2 Å². The fourth-order valence-electron chi connectivity index (χ4n) is 4.31. The number of aryl methyl sites for hydroxylation is 1. The van der Waals surface area contributed by atoms with E-state index < -0.39 is 6.23 Å². The standard InChI is InChI=1S/C19H29N3O3.C7H7Cl.C3H8/c1-13(2)8-14-9-15-16(20-7-4-17(24)22-12-23)10-19(5-3-6-19)25-18(15)21-11-14;1-6-2-4-7(8)5-3-6;1-3-2/h9,11-13,16-17,20,24H,3-8,10H2,1-2H3,(H,22,23);2-5H,1H3;3H2,1-2H3. The summed E-state index contributed by atoms with van der Waals surface area (Å²) in [6.07, 6.45) is 8.67. The molecule has 2 aromatic rings. The van der Waals surface area contributed by atoms with Crippen LogP contribution < -0.4 is 15.4 Å². The Bertz CT molecular complexity index is 895. The highest BCUT2D eigenvalue weighted by Gasteiger charge is 2.46. The first-order valence-electron chi connectivity index (χ1n) is 13.2. The molecule has 1 saturated carbocycles. The van der Waals surface area contributed by atoms with Gasteiger partial charge < -0.3 is 20.5 Å². The lowest BCUT2D eigenvalue weighted by Crippen LogP contribution is -2.49. The van der Waals surface area contributed by atoms with Crippen molar-refractivity contribution >= 4 is 18.0 Å². The van der Waals surface area contributed by atoms with Crippen molar-refractivity contribution in [1.82, 2.24) is 15.6 Å². The molecule has 3 N–H and O–H groups in total. The van der Waals surface area contributed by atoms with Crippen LogP contribution in [0.5, 0.6) is 5.88 Å². The number of pyridine rings is 1. The van der Waals surface area contributed by atoms with Crippen LogP contribution in [0, 0.1) is 12.8 Å². The minimum absolute atomic E-state index is 0.0725. The van der Waals surface area contributed by atoms with E-state index >= 15 is 0 Å². The van der Waals surface area contributed by atoms with Gasteiger partial charge in [0.05, 0.1) is 0 Å². The number of amides is 1. The van der Waals surface area contributed by atoms with Crippen molar-refractivity contribution in [3.05, 3.63) is 58.2 Å². The van der Waals surface area contributed by atoms with Gasteiger partial charge in [-0.3, -0.25) is 4.79 Å². The average Bonchev–Trinajstić information content (AvgIpc) is 2.81. The SMILES string of the molecule is CC(C)Cc1cnc2c(c1)C(NCCC(O)NC=O)CC1(CCC1)O2.CCC.Cc1ccc(Cl)cc1. The van der Waals surface area contributed by atoms with Gasteiger partial charge in [-0.2, -0.15) is 0 Å². The summed E-state index contributed by atoms with van der Waals surface area (Å²) in [7, 11) is 0. The molecule has 6 nitrogen and oxygen atoms in total. The quantitative estimate of drug-likeness (QED) is 0.289. The number of nitrogens with zero attached hydrogens (tertiary/aromatic N) is 1. The van der Waals surface area contributed by atoms with Crippen LogP contribution in [0.1, 0.15) is 89.0 Å². The summed E-state index contributed by atoms with van der Waals surface area (Å²) < 4.78 is 6.25. The monoisotopic (exact) mass is 517 g/mol. The molecule has 1 aromatic heterocycles. The second-order valence-corrected chi connectivity index (χ2v) is 10.7. The maximum absolute atomic E-state index is 10.4. The largest absolute Gasteiger partial charge is 0.471 e. The number of benzene rings is 1. The maximum Gasteiger partial charge on any atom is 0.218 e. The van der Waals surface area contributed by atoms with E-state index in [2.05, 4.69) is 49.4 Å². The van der Waals surface area contributed by atoms with Gasteiger partial charge in [0.2, 0.25) is 12.3 Å². The number of ether oxygens (including phenoxy) is 1. The lowest BCUT2D eigenvalue weighted by atomic mass is 9.73. The fraction of sp³-hybridized carbons (Fsp3) is 0.586. The van der Waals surface area contributed by atoms with Crippen LogP contribution in [-0.4, -0.2) is 34.9 Å². The third-order valence-electron chi connectivity index (χ3n) is 6.19. The molecule has 1 aliphatic heterocycles. The van der Waals surface area contributed by atoms with E-state index in [0.29, 0.717) is 25.3 Å². The number of halogens is 1. The number of rotatable bonds is 8. The normalized spacial score (nSPS) is 17.8. The van der Waals surface area contributed by atoms with Crippen LogP contribution >= 0.6 is 11.6 Å². The maximum atomic E-state index is 10.4. The van der Waals surface area contributed by atoms with E-state index in [-0.39, 0.29) is 11.6 Å². The summed E-state index contributed by atoms with van der Waals surface area (Å²) in [5, 5.41) is 16.4. The summed E-state index contributed by atoms with van der Waals surface area (Å²) >= 11 is 5.61. The first-order chi connectivity index (χ1) is 17.2. The third kappa shape index (κ3) is 9.72. The van der Waals surface area contributed by atoms with Gasteiger partial charge in [-0.05, 0) is 68.8 Å². The number of carbonyl (C=O) groups excluding carboxylic acids is 1. The molecule has 1 fully saturated rings. The van der Waals surface area contributed by atoms with Gasteiger partial charge in [-0.15, -0.1) is 0 Å². The summed E-state index contributed by atoms with van der Waals surface area (Å²) in [5.74, 6) is 1.33. The van der Waals surface area contributed by atoms with Crippen molar-refractivity contribution in [2.75, 3.05) is 6.54 Å². The molecule has 0 saturated heterocycles. The second kappa shape index (κ2) is 15.2. The zero-order chi connectivity index (χ0) is 26.6. The molecule has 2 heterocycles. The van der Waals surface area contributed by atoms with Crippen LogP contribution in [0.25, 0.3) is 0 Å². The number of aliphatic hydroxyl groups excluding tert-OH is 1. The van der Waals surface area contributed by atoms with Crippen molar-refractivity contribution in [3.8, 4) is 5.88 Å². The van der Waals surface area contributed by atoms with Gasteiger partial charge in [0, 0.05) is 35.7 Å². The van der Waals surface area contributed by atoms with Gasteiger partial charge >= 0.3 is 0 Å². The molecular formula is C29H44ClN3O3. The molecule has 1 spiro atoms. The van der Waals surface area contributed by atoms with Crippen molar-refractivity contribution in [1.29, 1.82) is 0 Å². The summed E-state index contributed by atoms with van der Waals surface area (Å²) in [5.41, 5.74) is 3.52. The van der Waals surface area contributed by atoms with Gasteiger partial charge in [-0.25, -0.2) is 4.98 Å². The highest BCUT2D eigenvalue weighted by Crippen LogP contribution is 2.48. The Labute approximate surface area is 222 Å². The molecule has 2 atom stereocenters. The molecule has 1 aliphatic carbocycles. The van der Waals surface area contributed by atoms with Crippen molar-refractivity contribution in [2.45, 2.75) is 97.4 Å². The van der Waals surface area contributed by atoms with Crippen molar-refractivity contribution in [3.63, 3.8) is 0 Å². The number of carbonyl (C=O) groups is 1. The predicted octanol–water partition coefficient (Wildman–Crippen LogP) is 6.14. The average molecular weight is 518 g/mol. The zero-order valence-electron chi connectivity index (χ0n) is 22.5. The molecule has 4 rings (SSSR count). The molecule has 36 heavy (non-hydrogen) atoms. The summed E-state index contributed by atoms with van der Waals surface area (Å²) in [4.78, 5) is 15.0. The molecule has 1 aromatic carbocycles. The molecule has 0 bridgehead atoms. The van der Waals surface area contributed by atoms with Gasteiger partial charge in [0.15, 0.2) is 0 Å². The first-order valence-corrected chi connectivity index (χ1v) is 13.6. The van der Waals surface area contributed by atoms with E-state index in [4.69, 9.17) is 16.3 Å². The number of nitrogens with one attached hydrogen (secondary N) is 2.